The number of fused-ring (bicyclic) bond motifs is 1. The van der Waals surface area contributed by atoms with Crippen molar-refractivity contribution in [3.05, 3.63) is 46.9 Å². The lowest BCUT2D eigenvalue weighted by atomic mass is 10.2. The third-order valence-corrected chi connectivity index (χ3v) is 5.18. The number of amides is 1. The van der Waals surface area contributed by atoms with Gasteiger partial charge >= 0.3 is 0 Å². The number of hydrogen-bond acceptors (Lipinski definition) is 5. The second-order valence-corrected chi connectivity index (χ2v) is 7.28. The van der Waals surface area contributed by atoms with E-state index in [9.17, 15) is 9.59 Å². The van der Waals surface area contributed by atoms with Gasteiger partial charge in [-0.15, -0.1) is 0 Å². The fourth-order valence-corrected chi connectivity index (χ4v) is 3.38. The molecule has 3 heterocycles. The number of nitrogens with one attached hydrogen (secondary N) is 2. The van der Waals surface area contributed by atoms with Gasteiger partial charge < -0.3 is 14.4 Å². The Kier molecular flexibility index (Phi) is 4.03. The van der Waals surface area contributed by atoms with Crippen LogP contribution in [0.5, 0.6) is 11.6 Å². The van der Waals surface area contributed by atoms with Crippen LogP contribution < -0.4 is 19.9 Å². The predicted molar refractivity (Wildman–Crippen MR) is 103 cm³/mol. The van der Waals surface area contributed by atoms with Crippen molar-refractivity contribution in [2.24, 2.45) is 5.92 Å². The summed E-state index contributed by atoms with van der Waals surface area (Å²) in [5, 5.41) is 5.87. The quantitative estimate of drug-likeness (QED) is 0.683. The maximum absolute atomic E-state index is 12.8. The molecule has 0 unspecified atom stereocenters. The van der Waals surface area contributed by atoms with Crippen molar-refractivity contribution in [3.8, 4) is 11.6 Å². The van der Waals surface area contributed by atoms with Crippen LogP contribution in [0.1, 0.15) is 19.3 Å². The van der Waals surface area contributed by atoms with Gasteiger partial charge in [0.2, 0.25) is 5.88 Å². The summed E-state index contributed by atoms with van der Waals surface area (Å²) < 4.78 is 11.5. The molecule has 0 bridgehead atoms. The van der Waals surface area contributed by atoms with Gasteiger partial charge in [0.25, 0.3) is 11.5 Å². The first-order valence-electron chi connectivity index (χ1n) is 9.45. The van der Waals surface area contributed by atoms with Crippen molar-refractivity contribution in [1.82, 2.24) is 15.2 Å². The molecule has 0 spiro atoms. The minimum absolute atomic E-state index is 0.125. The maximum atomic E-state index is 12.8. The number of hydrogen-bond donors (Lipinski definition) is 2. The number of ether oxygens (including phenoxy) is 2. The zero-order valence-electron chi connectivity index (χ0n) is 15.2. The van der Waals surface area contributed by atoms with Gasteiger partial charge in [-0.1, -0.05) is 0 Å². The fraction of sp³-hybridized carbons (Fsp3) is 0.350. The van der Waals surface area contributed by atoms with E-state index in [1.165, 1.54) is 12.8 Å². The van der Waals surface area contributed by atoms with E-state index in [-0.39, 0.29) is 11.5 Å². The minimum atomic E-state index is -0.569. The molecule has 1 atom stereocenters. The van der Waals surface area contributed by atoms with Gasteiger partial charge in [0, 0.05) is 24.7 Å². The van der Waals surface area contributed by atoms with E-state index in [1.807, 2.05) is 6.07 Å². The average molecular weight is 380 g/mol. The van der Waals surface area contributed by atoms with Gasteiger partial charge in [0.05, 0.1) is 23.7 Å². The molecule has 2 N–H and O–H groups in total. The normalized spacial score (nSPS) is 19.4. The monoisotopic (exact) mass is 380 g/mol. The van der Waals surface area contributed by atoms with Crippen LogP contribution in [-0.4, -0.2) is 40.3 Å². The Bertz CT molecular complexity index is 1070. The Balaban J connectivity index is 1.26. The third kappa shape index (κ3) is 3.21. The first-order chi connectivity index (χ1) is 13.7. The highest BCUT2D eigenvalue weighted by atomic mass is 16.5. The highest BCUT2D eigenvalue weighted by Crippen LogP contribution is 2.30. The first kappa shape index (κ1) is 16.9. The van der Waals surface area contributed by atoms with Crippen molar-refractivity contribution in [2.75, 3.05) is 18.1 Å². The summed E-state index contributed by atoms with van der Waals surface area (Å²) in [5.41, 5.74) is 1.20. The molecule has 8 heteroatoms. The Morgan fingerprint density at radius 3 is 2.79 bits per heavy atom. The van der Waals surface area contributed by atoms with E-state index < -0.39 is 6.10 Å². The molecule has 144 valence electrons. The van der Waals surface area contributed by atoms with E-state index in [2.05, 4.69) is 15.2 Å². The van der Waals surface area contributed by atoms with E-state index >= 15 is 0 Å². The summed E-state index contributed by atoms with van der Waals surface area (Å²) in [6, 6.07) is 8.87. The summed E-state index contributed by atoms with van der Waals surface area (Å²) in [6.07, 6.45) is 4.05. The molecule has 28 heavy (non-hydrogen) atoms. The van der Waals surface area contributed by atoms with Crippen molar-refractivity contribution < 1.29 is 14.3 Å². The predicted octanol–water partition coefficient (Wildman–Crippen LogP) is 2.22. The summed E-state index contributed by atoms with van der Waals surface area (Å²) >= 11 is 0. The SMILES string of the molecule is O=C1[C@H](Oc2ccc(OCC3CC3)nc2)CCN1c1ccc2[nH][nH]c(=O)c2c1. The molecule has 2 aliphatic rings. The Morgan fingerprint density at radius 1 is 1.11 bits per heavy atom. The summed E-state index contributed by atoms with van der Waals surface area (Å²) in [6.45, 7) is 1.24. The summed E-state index contributed by atoms with van der Waals surface area (Å²) in [5.74, 6) is 1.65. The highest BCUT2D eigenvalue weighted by molar-refractivity contribution is 6.00. The zero-order chi connectivity index (χ0) is 19.1. The average Bonchev–Trinajstić information content (AvgIpc) is 3.39. The molecule has 5 rings (SSSR count). The van der Waals surface area contributed by atoms with Crippen LogP contribution in [0.4, 0.5) is 5.69 Å². The molecule has 3 aromatic rings. The first-order valence-corrected chi connectivity index (χ1v) is 9.45. The molecular weight excluding hydrogens is 360 g/mol. The van der Waals surface area contributed by atoms with E-state index in [1.54, 1.807) is 35.4 Å². The largest absolute Gasteiger partial charge is 0.479 e. The van der Waals surface area contributed by atoms with Gasteiger partial charge in [-0.3, -0.25) is 19.8 Å². The standard InChI is InChI=1S/C20H20N4O4/c25-19-15-9-13(3-5-16(15)22-23-19)24-8-7-17(20(24)26)28-14-4-6-18(21-10-14)27-11-12-1-2-12/h3-6,9-10,12,17H,1-2,7-8,11H2,(H2,22,23,25)/t17-/m1/s1. The topological polar surface area (TPSA) is 100 Å². The van der Waals surface area contributed by atoms with Crippen LogP contribution in [0.3, 0.4) is 0 Å². The van der Waals surface area contributed by atoms with Crippen molar-refractivity contribution in [3.63, 3.8) is 0 Å². The smallest absolute Gasteiger partial charge is 0.271 e. The molecule has 1 saturated heterocycles. The van der Waals surface area contributed by atoms with Crippen LogP contribution in [0.25, 0.3) is 10.9 Å². The lowest BCUT2D eigenvalue weighted by Gasteiger charge is -2.17. The number of aromatic amines is 2. The summed E-state index contributed by atoms with van der Waals surface area (Å²) in [4.78, 5) is 30.5. The maximum Gasteiger partial charge on any atom is 0.271 e. The van der Waals surface area contributed by atoms with Gasteiger partial charge in [-0.05, 0) is 43.0 Å². The van der Waals surface area contributed by atoms with Crippen LogP contribution in [0.2, 0.25) is 0 Å². The highest BCUT2D eigenvalue weighted by Gasteiger charge is 2.34. The molecule has 8 nitrogen and oxygen atoms in total. The number of benzene rings is 1. The van der Waals surface area contributed by atoms with E-state index in [0.717, 1.165) is 0 Å². The van der Waals surface area contributed by atoms with Gasteiger partial charge in [0.15, 0.2) is 6.10 Å². The van der Waals surface area contributed by atoms with Gasteiger partial charge in [-0.2, -0.15) is 0 Å². The van der Waals surface area contributed by atoms with Crippen molar-refractivity contribution in [1.29, 1.82) is 0 Å². The Labute approximate surface area is 160 Å². The van der Waals surface area contributed by atoms with Crippen molar-refractivity contribution >= 4 is 22.5 Å². The molecule has 1 saturated carbocycles. The number of H-pyrrole nitrogens is 2. The lowest BCUT2D eigenvalue weighted by molar-refractivity contribution is -0.122. The number of carbonyl (C=O) groups is 1. The second-order valence-electron chi connectivity index (χ2n) is 7.28. The van der Waals surface area contributed by atoms with Crippen molar-refractivity contribution in [2.45, 2.75) is 25.4 Å². The van der Waals surface area contributed by atoms with Crippen LogP contribution in [0, 0.1) is 5.92 Å². The molecule has 2 fully saturated rings. The number of rotatable bonds is 6. The Morgan fingerprint density at radius 2 is 2.00 bits per heavy atom. The molecule has 2 aromatic heterocycles. The number of carbonyl (C=O) groups excluding carboxylic acids is 1. The molecule has 1 aliphatic carbocycles. The summed E-state index contributed by atoms with van der Waals surface area (Å²) in [7, 11) is 0. The molecule has 1 amide bonds. The zero-order valence-corrected chi connectivity index (χ0v) is 15.2. The molecule has 1 aliphatic heterocycles. The van der Waals surface area contributed by atoms with Gasteiger partial charge in [0.1, 0.15) is 5.75 Å². The molecule has 1 aromatic carbocycles. The van der Waals surface area contributed by atoms with E-state index in [4.69, 9.17) is 9.47 Å². The second kappa shape index (κ2) is 6.70. The minimum Gasteiger partial charge on any atom is -0.479 e. The lowest BCUT2D eigenvalue weighted by Crippen LogP contribution is -2.32. The van der Waals surface area contributed by atoms with Crippen LogP contribution in [0.15, 0.2) is 41.3 Å². The number of nitrogens with zero attached hydrogens (tertiary/aromatic N) is 2. The fourth-order valence-electron chi connectivity index (χ4n) is 3.38. The van der Waals surface area contributed by atoms with Crippen LogP contribution in [-0.2, 0) is 4.79 Å². The number of aromatic nitrogens is 3. The Hall–Kier alpha value is -3.29. The number of pyridine rings is 1. The van der Waals surface area contributed by atoms with E-state index in [0.29, 0.717) is 53.7 Å². The molecular formula is C20H20N4O4. The van der Waals surface area contributed by atoms with Gasteiger partial charge in [-0.25, -0.2) is 4.98 Å². The number of anilines is 1. The third-order valence-electron chi connectivity index (χ3n) is 5.18. The van der Waals surface area contributed by atoms with Crippen LogP contribution >= 0.6 is 0 Å². The molecule has 0 radical (unpaired) electrons.